The van der Waals surface area contributed by atoms with Gasteiger partial charge >= 0.3 is 18.5 Å². The Hall–Kier alpha value is -5.62. The quantitative estimate of drug-likeness (QED) is 0.116. The van der Waals surface area contributed by atoms with Gasteiger partial charge in [0.15, 0.2) is 5.82 Å². The Morgan fingerprint density at radius 2 is 1.34 bits per heavy atom. The van der Waals surface area contributed by atoms with Gasteiger partial charge in [-0.15, -0.1) is 0 Å². The average Bonchev–Trinajstić information content (AvgIpc) is 3.57. The number of hydrogen-bond donors (Lipinski definition) is 2. The number of carbonyl (C=O) groups is 4. The van der Waals surface area contributed by atoms with E-state index in [9.17, 15) is 59.0 Å². The van der Waals surface area contributed by atoms with Crippen LogP contribution in [-0.4, -0.2) is 38.7 Å². The lowest BCUT2D eigenvalue weighted by atomic mass is 9.49. The van der Waals surface area contributed by atoms with Crippen LogP contribution >= 0.6 is 23.2 Å². The summed E-state index contributed by atoms with van der Waals surface area (Å²) in [5, 5.41) is 11.0. The van der Waals surface area contributed by atoms with Crippen LogP contribution in [0.3, 0.4) is 0 Å². The summed E-state index contributed by atoms with van der Waals surface area (Å²) in [6.45, 7) is 3.14. The molecule has 4 aromatic rings. The van der Waals surface area contributed by atoms with Crippen LogP contribution in [0.1, 0.15) is 57.7 Å². The number of rotatable bonds is 5. The first-order valence-electron chi connectivity index (χ1n) is 18.7. The number of fused-ring (bicyclic) bond motifs is 4. The molecule has 3 fully saturated rings. The van der Waals surface area contributed by atoms with Crippen LogP contribution in [-0.2, 0) is 43.1 Å². The number of carbonyl (C=O) groups excluding carboxylic acids is 4. The molecule has 2 saturated heterocycles. The smallest absolute Gasteiger partial charge is 0.417 e. The Morgan fingerprint density at radius 3 is 1.89 bits per heavy atom. The van der Waals surface area contributed by atoms with Crippen molar-refractivity contribution >= 4 is 58.3 Å². The zero-order valence-electron chi connectivity index (χ0n) is 31.8. The summed E-state index contributed by atoms with van der Waals surface area (Å²) in [5.74, 6) is -11.4. The van der Waals surface area contributed by atoms with Gasteiger partial charge in [0.2, 0.25) is 11.8 Å². The standard InChI is InChI=1S/C42H29Cl2F9N4O5/c1-17-9-19(10-18(2)33(17)58)32-26-7-8-27-31(37(61)56(35(27)59)25-12-21(40(45,46)47)11-22(13-25)41(48,49)50)28(26)15-29-36(60)57(38(62)39(29,32)20-3-5-24(43)6-4-20)55-34-30(44)14-23(16-54-34)42(51,52)53/h3-7,9-14,16,27-29,31-32,58H,8,15H2,1-2H3,(H,54,55)/t27-,28+,29-,31-,32-,39+/m0/s1. The van der Waals surface area contributed by atoms with Crippen LogP contribution in [0.15, 0.2) is 78.5 Å². The third-order valence-electron chi connectivity index (χ3n) is 12.2. The zero-order chi connectivity index (χ0) is 45.2. The number of hydrazine groups is 1. The predicted octanol–water partition coefficient (Wildman–Crippen LogP) is 9.96. The second-order valence-electron chi connectivity index (χ2n) is 15.7. The highest BCUT2D eigenvalue weighted by atomic mass is 35.5. The summed E-state index contributed by atoms with van der Waals surface area (Å²) in [6, 6.07) is 9.93. The highest BCUT2D eigenvalue weighted by Gasteiger charge is 2.70. The van der Waals surface area contributed by atoms with E-state index in [1.54, 1.807) is 32.1 Å². The van der Waals surface area contributed by atoms with Crippen molar-refractivity contribution in [3.05, 3.63) is 127 Å². The van der Waals surface area contributed by atoms with Gasteiger partial charge in [0, 0.05) is 17.1 Å². The van der Waals surface area contributed by atoms with Crippen molar-refractivity contribution in [2.75, 3.05) is 10.3 Å². The molecule has 1 saturated carbocycles. The highest BCUT2D eigenvalue weighted by Crippen LogP contribution is 2.64. The zero-order valence-corrected chi connectivity index (χ0v) is 33.3. The molecule has 3 heterocycles. The third-order valence-corrected chi connectivity index (χ3v) is 12.8. The molecule has 2 N–H and O–H groups in total. The molecule has 2 aliphatic heterocycles. The Kier molecular flexibility index (Phi) is 10.0. The third kappa shape index (κ3) is 6.67. The molecule has 0 spiro atoms. The van der Waals surface area contributed by atoms with Crippen LogP contribution in [0.2, 0.25) is 10.0 Å². The number of pyridine rings is 1. The highest BCUT2D eigenvalue weighted by molar-refractivity contribution is 6.33. The van der Waals surface area contributed by atoms with Gasteiger partial charge in [0.25, 0.3) is 11.8 Å². The molecule has 4 aliphatic rings. The number of imide groups is 2. The normalized spacial score (nSPS) is 25.2. The largest absolute Gasteiger partial charge is 0.507 e. The maximum Gasteiger partial charge on any atom is 0.417 e. The van der Waals surface area contributed by atoms with E-state index >= 15 is 4.79 Å². The van der Waals surface area contributed by atoms with Crippen LogP contribution in [0, 0.1) is 37.5 Å². The first kappa shape index (κ1) is 43.0. The minimum atomic E-state index is -5.30. The SMILES string of the molecule is Cc1cc([C@H]2C3=CC[C@@H]4C(=O)N(c5cc(C(F)(F)F)cc(C(F)(F)F)c5)C(=O)[C@@H]4[C@@H]3C[C@H]3C(=O)N(Nc4ncc(C(F)(F)F)cc4Cl)C(=O)[C@@]23c2ccc(Cl)cc2)cc(C)c1O. The average molecular weight is 912 g/mol. The van der Waals surface area contributed by atoms with Crippen molar-refractivity contribution in [1.82, 2.24) is 9.99 Å². The molecular weight excluding hydrogens is 882 g/mol. The van der Waals surface area contributed by atoms with Crippen molar-refractivity contribution < 1.29 is 63.8 Å². The maximum atomic E-state index is 15.4. The molecule has 20 heteroatoms. The number of halogens is 11. The Labute approximate surface area is 355 Å². The van der Waals surface area contributed by atoms with E-state index in [0.717, 1.165) is 0 Å². The fourth-order valence-corrected chi connectivity index (χ4v) is 9.97. The lowest BCUT2D eigenvalue weighted by molar-refractivity contribution is -0.143. The van der Waals surface area contributed by atoms with Crippen molar-refractivity contribution in [2.45, 2.75) is 56.6 Å². The minimum Gasteiger partial charge on any atom is -0.507 e. The Morgan fingerprint density at radius 1 is 0.758 bits per heavy atom. The molecule has 0 bridgehead atoms. The van der Waals surface area contributed by atoms with Crippen molar-refractivity contribution in [3.63, 3.8) is 0 Å². The molecular formula is C42H29Cl2F9N4O5. The second kappa shape index (κ2) is 14.5. The molecule has 9 nitrogen and oxygen atoms in total. The van der Waals surface area contributed by atoms with Gasteiger partial charge in [0.1, 0.15) is 5.75 Å². The number of anilines is 2. The number of aromatic hydroxyl groups is 1. The molecule has 0 radical (unpaired) electrons. The number of nitrogens with zero attached hydrogens (tertiary/aromatic N) is 3. The molecule has 4 amide bonds. The van der Waals surface area contributed by atoms with Gasteiger partial charge in [-0.2, -0.15) is 44.5 Å². The van der Waals surface area contributed by atoms with Crippen LogP contribution in [0.4, 0.5) is 51.0 Å². The van der Waals surface area contributed by atoms with Gasteiger partial charge in [-0.05, 0) is 91.3 Å². The minimum absolute atomic E-state index is 0.109. The van der Waals surface area contributed by atoms with E-state index in [4.69, 9.17) is 23.2 Å². The van der Waals surface area contributed by atoms with E-state index in [1.807, 2.05) is 0 Å². The topological polar surface area (TPSA) is 120 Å². The van der Waals surface area contributed by atoms with E-state index in [2.05, 4.69) is 10.4 Å². The maximum absolute atomic E-state index is 15.4. The number of aromatic nitrogens is 1. The number of phenolic OH excluding ortho intramolecular Hbond substituents is 1. The fraction of sp³-hybridized carbons (Fsp3) is 0.310. The van der Waals surface area contributed by atoms with Gasteiger partial charge in [0.05, 0.1) is 50.6 Å². The summed E-state index contributed by atoms with van der Waals surface area (Å²) in [5.41, 5.74) is -3.65. The molecule has 3 aromatic carbocycles. The van der Waals surface area contributed by atoms with E-state index in [1.165, 1.54) is 24.3 Å². The molecule has 6 atom stereocenters. The summed E-state index contributed by atoms with van der Waals surface area (Å²) in [7, 11) is 0. The van der Waals surface area contributed by atoms with Crippen LogP contribution in [0.25, 0.3) is 0 Å². The number of benzene rings is 3. The fourth-order valence-electron chi connectivity index (χ4n) is 9.64. The molecule has 0 unspecified atom stereocenters. The number of phenols is 1. The molecule has 8 rings (SSSR count). The Bertz CT molecular complexity index is 2580. The molecule has 324 valence electrons. The number of alkyl halides is 9. The summed E-state index contributed by atoms with van der Waals surface area (Å²) < 4.78 is 124. The van der Waals surface area contributed by atoms with Crippen molar-refractivity contribution in [1.29, 1.82) is 0 Å². The van der Waals surface area contributed by atoms with E-state index < -0.39 is 110 Å². The van der Waals surface area contributed by atoms with Crippen LogP contribution < -0.4 is 10.3 Å². The first-order valence-corrected chi connectivity index (χ1v) is 19.4. The van der Waals surface area contributed by atoms with E-state index in [0.29, 0.717) is 44.4 Å². The van der Waals surface area contributed by atoms with Gasteiger partial charge in [-0.1, -0.05) is 59.1 Å². The van der Waals surface area contributed by atoms with Gasteiger partial charge in [-0.25, -0.2) is 9.88 Å². The van der Waals surface area contributed by atoms with E-state index in [-0.39, 0.29) is 47.4 Å². The van der Waals surface area contributed by atoms with Crippen molar-refractivity contribution in [2.24, 2.45) is 23.7 Å². The van der Waals surface area contributed by atoms with Crippen LogP contribution in [0.5, 0.6) is 5.75 Å². The first-order chi connectivity index (χ1) is 28.8. The molecule has 1 aromatic heterocycles. The lowest BCUT2D eigenvalue weighted by Crippen LogP contribution is -2.53. The molecule has 2 aliphatic carbocycles. The summed E-state index contributed by atoms with van der Waals surface area (Å²) in [6.07, 6.45) is -14.1. The number of hydrogen-bond acceptors (Lipinski definition) is 7. The number of amides is 4. The predicted molar refractivity (Wildman–Crippen MR) is 203 cm³/mol. The summed E-state index contributed by atoms with van der Waals surface area (Å²) in [4.78, 5) is 63.0. The Balaban J connectivity index is 1.31. The number of nitrogens with one attached hydrogen (secondary N) is 1. The summed E-state index contributed by atoms with van der Waals surface area (Å²) >= 11 is 12.5. The molecule has 62 heavy (non-hydrogen) atoms. The lowest BCUT2D eigenvalue weighted by Gasteiger charge is -2.50. The van der Waals surface area contributed by atoms with Crippen molar-refractivity contribution in [3.8, 4) is 5.75 Å². The van der Waals surface area contributed by atoms with Gasteiger partial charge < -0.3 is 5.11 Å². The van der Waals surface area contributed by atoms with Gasteiger partial charge in [-0.3, -0.25) is 24.6 Å². The number of aryl methyl sites for hydroxylation is 2. The monoisotopic (exact) mass is 910 g/mol. The number of allylic oxidation sites excluding steroid dienone is 2. The second-order valence-corrected chi connectivity index (χ2v) is 16.5.